The molecule has 0 saturated carbocycles. The van der Waals surface area contributed by atoms with Gasteiger partial charge in [-0.05, 0) is 43.9 Å². The Labute approximate surface area is 156 Å². The molecule has 2 fully saturated rings. The van der Waals surface area contributed by atoms with Crippen LogP contribution in [0.5, 0.6) is 0 Å². The minimum Gasteiger partial charge on any atom is -0.337 e. The number of carbonyl (C=O) groups is 1. The van der Waals surface area contributed by atoms with Gasteiger partial charge >= 0.3 is 0 Å². The number of nitrogens with zero attached hydrogens (tertiary/aromatic N) is 3. The number of hydrogen-bond acceptors (Lipinski definition) is 3. The predicted octanol–water partition coefficient (Wildman–Crippen LogP) is 2.93. The number of fused-ring (bicyclic) bond motifs is 2. The third-order valence-electron chi connectivity index (χ3n) is 5.29. The van der Waals surface area contributed by atoms with Crippen molar-refractivity contribution in [2.24, 2.45) is 0 Å². The van der Waals surface area contributed by atoms with Gasteiger partial charge < -0.3 is 10.2 Å². The molecular weight excluding hydrogens is 362 g/mol. The molecule has 2 bridgehead atoms. The molecule has 5 nitrogen and oxygen atoms in total. The quantitative estimate of drug-likeness (QED) is 0.888. The molecule has 2 atom stereocenters. The van der Waals surface area contributed by atoms with Gasteiger partial charge in [0, 0.05) is 31.4 Å². The zero-order valence-electron chi connectivity index (χ0n) is 14.4. The van der Waals surface area contributed by atoms with Crippen molar-refractivity contribution < 1.29 is 13.6 Å². The highest BCUT2D eigenvalue weighted by Crippen LogP contribution is 2.29. The molecule has 2 aliphatic rings. The number of nitrogens with one attached hydrogen (secondary N) is 1. The molecular formula is C18H21ClF2N4O. The molecule has 2 unspecified atom stereocenters. The van der Waals surface area contributed by atoms with Crippen LogP contribution in [-0.4, -0.2) is 45.8 Å². The van der Waals surface area contributed by atoms with Crippen LogP contribution in [0.25, 0.3) is 5.69 Å². The lowest BCUT2D eigenvalue weighted by Crippen LogP contribution is -2.48. The molecule has 1 aromatic heterocycles. The number of halogens is 3. The van der Waals surface area contributed by atoms with Crippen molar-refractivity contribution in [1.82, 2.24) is 20.0 Å². The first-order valence-corrected chi connectivity index (χ1v) is 8.56. The Morgan fingerprint density at radius 3 is 2.42 bits per heavy atom. The van der Waals surface area contributed by atoms with Crippen molar-refractivity contribution in [1.29, 1.82) is 0 Å². The van der Waals surface area contributed by atoms with Gasteiger partial charge in [-0.3, -0.25) is 4.79 Å². The van der Waals surface area contributed by atoms with Gasteiger partial charge in [-0.1, -0.05) is 6.07 Å². The summed E-state index contributed by atoms with van der Waals surface area (Å²) in [5, 5.41) is 7.65. The van der Waals surface area contributed by atoms with Crippen LogP contribution in [0, 0.1) is 11.6 Å². The highest BCUT2D eigenvalue weighted by Gasteiger charge is 2.36. The Bertz CT molecular complexity index is 780. The smallest absolute Gasteiger partial charge is 0.274 e. The summed E-state index contributed by atoms with van der Waals surface area (Å²) >= 11 is 0. The van der Waals surface area contributed by atoms with E-state index in [2.05, 4.69) is 10.4 Å². The van der Waals surface area contributed by atoms with Crippen LogP contribution < -0.4 is 5.32 Å². The average molecular weight is 383 g/mol. The number of amides is 1. The van der Waals surface area contributed by atoms with E-state index in [9.17, 15) is 13.6 Å². The first-order valence-electron chi connectivity index (χ1n) is 8.56. The molecule has 1 aromatic carbocycles. The molecule has 1 amide bonds. The molecule has 8 heteroatoms. The fraction of sp³-hybridized carbons (Fsp3) is 0.444. The lowest BCUT2D eigenvalue weighted by Gasteiger charge is -2.35. The van der Waals surface area contributed by atoms with E-state index in [4.69, 9.17) is 0 Å². The van der Waals surface area contributed by atoms with E-state index in [0.717, 1.165) is 30.4 Å². The summed E-state index contributed by atoms with van der Waals surface area (Å²) in [5.41, 5.74) is -0.0832. The second-order valence-corrected chi connectivity index (χ2v) is 6.89. The van der Waals surface area contributed by atoms with Crippen molar-refractivity contribution in [3.63, 3.8) is 0 Å². The summed E-state index contributed by atoms with van der Waals surface area (Å²) in [6.45, 7) is 0. The largest absolute Gasteiger partial charge is 0.337 e. The standard InChI is InChI=1S/C18H20F2N4O.ClH/c1-23(13-9-11-5-6-12(10-13)21-11)18(25)16-7-8-24(22-16)17-14(19)3-2-4-15(17)20;/h2-4,7-8,11-13,21H,5-6,9-10H2,1H3;1H. The maximum absolute atomic E-state index is 13.9. The summed E-state index contributed by atoms with van der Waals surface area (Å²) in [4.78, 5) is 14.5. The minimum absolute atomic E-state index is 0. The molecule has 3 heterocycles. The molecule has 4 rings (SSSR count). The van der Waals surface area contributed by atoms with Gasteiger partial charge in [0.2, 0.25) is 0 Å². The van der Waals surface area contributed by atoms with Gasteiger partial charge in [0.25, 0.3) is 5.91 Å². The van der Waals surface area contributed by atoms with Gasteiger partial charge in [0.1, 0.15) is 5.69 Å². The summed E-state index contributed by atoms with van der Waals surface area (Å²) in [5.74, 6) is -1.66. The lowest BCUT2D eigenvalue weighted by atomic mass is 9.98. The number of piperidine rings is 1. The van der Waals surface area contributed by atoms with E-state index in [-0.39, 0.29) is 35.7 Å². The molecule has 2 aromatic rings. The van der Waals surface area contributed by atoms with Crippen LogP contribution in [0.1, 0.15) is 36.2 Å². The van der Waals surface area contributed by atoms with E-state index >= 15 is 0 Å². The highest BCUT2D eigenvalue weighted by atomic mass is 35.5. The Hall–Kier alpha value is -1.99. The number of carbonyl (C=O) groups excluding carboxylic acids is 1. The van der Waals surface area contributed by atoms with Crippen LogP contribution >= 0.6 is 12.4 Å². The average Bonchev–Trinajstić information content (AvgIpc) is 3.20. The Balaban J connectivity index is 0.00000196. The zero-order valence-corrected chi connectivity index (χ0v) is 15.2. The summed E-state index contributed by atoms with van der Waals surface area (Å²) < 4.78 is 28.9. The van der Waals surface area contributed by atoms with Gasteiger partial charge in [0.15, 0.2) is 17.3 Å². The zero-order chi connectivity index (χ0) is 17.6. The summed E-state index contributed by atoms with van der Waals surface area (Å²) in [6, 6.07) is 6.25. The molecule has 2 aliphatic heterocycles. The molecule has 0 spiro atoms. The fourth-order valence-corrected chi connectivity index (χ4v) is 3.96. The SMILES string of the molecule is CN(C(=O)c1ccn(-c2c(F)cccc2F)n1)C1CC2CCC(C1)N2.Cl. The summed E-state index contributed by atoms with van der Waals surface area (Å²) in [6.07, 6.45) is 5.59. The molecule has 0 aliphatic carbocycles. The maximum atomic E-state index is 13.9. The van der Waals surface area contributed by atoms with E-state index in [1.807, 2.05) is 0 Å². The number of para-hydroxylation sites is 1. The van der Waals surface area contributed by atoms with Crippen molar-refractivity contribution in [2.75, 3.05) is 7.05 Å². The van der Waals surface area contributed by atoms with Crippen molar-refractivity contribution >= 4 is 18.3 Å². The highest BCUT2D eigenvalue weighted by molar-refractivity contribution is 5.92. The van der Waals surface area contributed by atoms with Crippen LogP contribution in [-0.2, 0) is 0 Å². The normalized spacial score (nSPS) is 24.2. The molecule has 2 saturated heterocycles. The monoisotopic (exact) mass is 382 g/mol. The summed E-state index contributed by atoms with van der Waals surface area (Å²) in [7, 11) is 1.78. The van der Waals surface area contributed by atoms with Crippen LogP contribution in [0.15, 0.2) is 30.5 Å². The van der Waals surface area contributed by atoms with Crippen molar-refractivity contribution in [3.05, 3.63) is 47.8 Å². The molecule has 26 heavy (non-hydrogen) atoms. The fourth-order valence-electron chi connectivity index (χ4n) is 3.96. The van der Waals surface area contributed by atoms with Crippen LogP contribution in [0.4, 0.5) is 8.78 Å². The number of rotatable bonds is 3. The van der Waals surface area contributed by atoms with E-state index in [0.29, 0.717) is 12.1 Å². The van der Waals surface area contributed by atoms with Gasteiger partial charge in [-0.15, -0.1) is 12.4 Å². The maximum Gasteiger partial charge on any atom is 0.274 e. The number of benzene rings is 1. The van der Waals surface area contributed by atoms with Crippen LogP contribution in [0.3, 0.4) is 0 Å². The number of aromatic nitrogens is 2. The van der Waals surface area contributed by atoms with Crippen LogP contribution in [0.2, 0.25) is 0 Å². The molecule has 0 radical (unpaired) electrons. The topological polar surface area (TPSA) is 50.2 Å². The minimum atomic E-state index is -0.717. The Kier molecular flexibility index (Phi) is 5.29. The van der Waals surface area contributed by atoms with Crippen molar-refractivity contribution in [2.45, 2.75) is 43.8 Å². The van der Waals surface area contributed by atoms with E-state index in [1.165, 1.54) is 30.5 Å². The third-order valence-corrected chi connectivity index (χ3v) is 5.29. The second-order valence-electron chi connectivity index (χ2n) is 6.89. The predicted molar refractivity (Wildman–Crippen MR) is 95.8 cm³/mol. The molecule has 1 N–H and O–H groups in total. The van der Waals surface area contributed by atoms with Gasteiger partial charge in [-0.2, -0.15) is 5.10 Å². The number of hydrogen-bond donors (Lipinski definition) is 1. The van der Waals surface area contributed by atoms with Gasteiger partial charge in [-0.25, -0.2) is 13.5 Å². The second kappa shape index (κ2) is 7.32. The Morgan fingerprint density at radius 1 is 1.19 bits per heavy atom. The van der Waals surface area contributed by atoms with Gasteiger partial charge in [0.05, 0.1) is 0 Å². The molecule has 140 valence electrons. The first kappa shape index (κ1) is 18.8. The van der Waals surface area contributed by atoms with Crippen molar-refractivity contribution in [3.8, 4) is 5.69 Å². The van der Waals surface area contributed by atoms with E-state index in [1.54, 1.807) is 11.9 Å². The van der Waals surface area contributed by atoms with E-state index < -0.39 is 11.6 Å². The third kappa shape index (κ3) is 3.33. The first-order chi connectivity index (χ1) is 12.0. The lowest BCUT2D eigenvalue weighted by molar-refractivity contribution is 0.0675. The Morgan fingerprint density at radius 2 is 1.81 bits per heavy atom.